The van der Waals surface area contributed by atoms with Crippen molar-refractivity contribution in [1.29, 1.82) is 0 Å². The highest BCUT2D eigenvalue weighted by molar-refractivity contribution is 9.10. The molecular formula is C14H13BrClNO4. The zero-order valence-electron chi connectivity index (χ0n) is 11.2. The van der Waals surface area contributed by atoms with Crippen molar-refractivity contribution >= 4 is 39.4 Å². The zero-order valence-corrected chi connectivity index (χ0v) is 13.5. The number of nitrogens with zero attached hydrogens (tertiary/aromatic N) is 1. The van der Waals surface area contributed by atoms with Crippen molar-refractivity contribution in [2.24, 2.45) is 0 Å². The SMILES string of the molecule is C#CCN(CC(=O)O)C(=O)C(C)Oc1ccc(Cl)cc1Br. The molecule has 0 fully saturated rings. The number of hydrogen-bond acceptors (Lipinski definition) is 3. The van der Waals surface area contributed by atoms with Crippen molar-refractivity contribution in [2.75, 3.05) is 13.1 Å². The Morgan fingerprint density at radius 2 is 2.24 bits per heavy atom. The maximum atomic E-state index is 12.2. The average molecular weight is 375 g/mol. The maximum Gasteiger partial charge on any atom is 0.323 e. The van der Waals surface area contributed by atoms with E-state index in [0.717, 1.165) is 4.90 Å². The highest BCUT2D eigenvalue weighted by Crippen LogP contribution is 2.28. The highest BCUT2D eigenvalue weighted by Gasteiger charge is 2.24. The van der Waals surface area contributed by atoms with Gasteiger partial charge in [-0.15, -0.1) is 6.42 Å². The quantitative estimate of drug-likeness (QED) is 0.777. The van der Waals surface area contributed by atoms with E-state index in [-0.39, 0.29) is 6.54 Å². The average Bonchev–Trinajstić information content (AvgIpc) is 2.40. The fourth-order valence-electron chi connectivity index (χ4n) is 1.55. The van der Waals surface area contributed by atoms with Crippen LogP contribution in [0.4, 0.5) is 0 Å². The smallest absolute Gasteiger partial charge is 0.323 e. The number of rotatable bonds is 6. The molecule has 0 heterocycles. The van der Waals surface area contributed by atoms with Gasteiger partial charge in [0, 0.05) is 5.02 Å². The van der Waals surface area contributed by atoms with Crippen LogP contribution in [0.15, 0.2) is 22.7 Å². The molecule has 112 valence electrons. The lowest BCUT2D eigenvalue weighted by Gasteiger charge is -2.23. The van der Waals surface area contributed by atoms with Crippen LogP contribution in [0.1, 0.15) is 6.92 Å². The van der Waals surface area contributed by atoms with Crippen LogP contribution in [-0.2, 0) is 9.59 Å². The fourth-order valence-corrected chi connectivity index (χ4v) is 2.33. The molecule has 0 aromatic heterocycles. The Kier molecular flexibility index (Phi) is 6.53. The Balaban J connectivity index is 2.81. The molecule has 1 aromatic carbocycles. The minimum Gasteiger partial charge on any atom is -0.480 e. The number of terminal acetylenes is 1. The molecule has 1 unspecified atom stereocenters. The Hall–Kier alpha value is -1.71. The molecule has 0 aliphatic heterocycles. The summed E-state index contributed by atoms with van der Waals surface area (Å²) in [5, 5.41) is 9.30. The first-order valence-corrected chi connectivity index (χ1v) is 7.08. The predicted octanol–water partition coefficient (Wildman–Crippen LogP) is 2.42. The molecule has 0 saturated heterocycles. The molecule has 1 N–H and O–H groups in total. The van der Waals surface area contributed by atoms with Gasteiger partial charge in [-0.05, 0) is 41.1 Å². The topological polar surface area (TPSA) is 66.8 Å². The van der Waals surface area contributed by atoms with Gasteiger partial charge in [-0.2, -0.15) is 0 Å². The molecule has 0 bridgehead atoms. The number of amides is 1. The lowest BCUT2D eigenvalue weighted by molar-refractivity contribution is -0.146. The molecule has 0 aliphatic carbocycles. The standard InChI is InChI=1S/C14H13BrClNO4/c1-3-6-17(8-13(18)19)14(20)9(2)21-12-5-4-10(16)7-11(12)15/h1,4-5,7,9H,6,8H2,2H3,(H,18,19). The van der Waals surface area contributed by atoms with Crippen molar-refractivity contribution in [2.45, 2.75) is 13.0 Å². The van der Waals surface area contributed by atoms with Crippen LogP contribution < -0.4 is 4.74 Å². The van der Waals surface area contributed by atoms with Gasteiger partial charge in [0.15, 0.2) is 6.10 Å². The van der Waals surface area contributed by atoms with E-state index in [1.807, 2.05) is 0 Å². The molecule has 0 radical (unpaired) electrons. The monoisotopic (exact) mass is 373 g/mol. The number of halogens is 2. The lowest BCUT2D eigenvalue weighted by atomic mass is 10.3. The molecule has 5 nitrogen and oxygen atoms in total. The number of benzene rings is 1. The molecule has 0 saturated carbocycles. The van der Waals surface area contributed by atoms with Crippen molar-refractivity contribution < 1.29 is 19.4 Å². The van der Waals surface area contributed by atoms with E-state index in [1.165, 1.54) is 6.92 Å². The van der Waals surface area contributed by atoms with E-state index in [2.05, 4.69) is 21.9 Å². The normalized spacial score (nSPS) is 11.3. The van der Waals surface area contributed by atoms with Gasteiger partial charge in [0.1, 0.15) is 12.3 Å². The number of carboxylic acids is 1. The first-order valence-electron chi connectivity index (χ1n) is 5.91. The zero-order chi connectivity index (χ0) is 16.0. The van der Waals surface area contributed by atoms with Gasteiger partial charge in [0.05, 0.1) is 11.0 Å². The molecule has 0 aliphatic rings. The maximum absolute atomic E-state index is 12.2. The van der Waals surface area contributed by atoms with E-state index >= 15 is 0 Å². The highest BCUT2D eigenvalue weighted by atomic mass is 79.9. The first-order chi connectivity index (χ1) is 9.85. The third-order valence-electron chi connectivity index (χ3n) is 2.47. The van der Waals surface area contributed by atoms with Gasteiger partial charge in [0.2, 0.25) is 0 Å². The van der Waals surface area contributed by atoms with Crippen molar-refractivity contribution in [3.63, 3.8) is 0 Å². The summed E-state index contributed by atoms with van der Waals surface area (Å²) in [6, 6.07) is 4.86. The van der Waals surface area contributed by atoms with Crippen LogP contribution in [-0.4, -0.2) is 41.1 Å². The largest absolute Gasteiger partial charge is 0.480 e. The molecule has 21 heavy (non-hydrogen) atoms. The first kappa shape index (κ1) is 17.3. The van der Waals surface area contributed by atoms with Crippen LogP contribution in [0.25, 0.3) is 0 Å². The summed E-state index contributed by atoms with van der Waals surface area (Å²) in [6.07, 6.45) is 4.26. The van der Waals surface area contributed by atoms with Gasteiger partial charge >= 0.3 is 5.97 Å². The summed E-state index contributed by atoms with van der Waals surface area (Å²) in [7, 11) is 0. The second-order valence-electron chi connectivity index (χ2n) is 4.13. The molecule has 1 aromatic rings. The third-order valence-corrected chi connectivity index (χ3v) is 3.32. The van der Waals surface area contributed by atoms with Crippen LogP contribution >= 0.6 is 27.5 Å². The number of carboxylic acid groups (broad SMARTS) is 1. The number of hydrogen-bond donors (Lipinski definition) is 1. The predicted molar refractivity (Wildman–Crippen MR) is 82.3 cm³/mol. The Bertz CT molecular complexity index is 585. The summed E-state index contributed by atoms with van der Waals surface area (Å²) in [5.74, 6) is 1.04. The molecule has 7 heteroatoms. The third kappa shape index (κ3) is 5.29. The van der Waals surface area contributed by atoms with E-state index in [0.29, 0.717) is 15.2 Å². The number of aliphatic carboxylic acids is 1. The molecule has 0 spiro atoms. The van der Waals surface area contributed by atoms with Gasteiger partial charge in [0.25, 0.3) is 5.91 Å². The Morgan fingerprint density at radius 3 is 2.76 bits per heavy atom. The minimum absolute atomic E-state index is 0.0966. The summed E-state index contributed by atoms with van der Waals surface area (Å²) in [5.41, 5.74) is 0. The summed E-state index contributed by atoms with van der Waals surface area (Å²) in [6.45, 7) is 0.952. The second-order valence-corrected chi connectivity index (χ2v) is 5.42. The number of ether oxygens (including phenoxy) is 1. The van der Waals surface area contributed by atoms with Crippen molar-refractivity contribution in [1.82, 2.24) is 4.90 Å². The molecular weight excluding hydrogens is 362 g/mol. The van der Waals surface area contributed by atoms with Crippen LogP contribution in [0.3, 0.4) is 0 Å². The Labute approximate surface area is 136 Å². The van der Waals surface area contributed by atoms with Gasteiger partial charge in [-0.3, -0.25) is 9.59 Å². The van der Waals surface area contributed by atoms with Crippen LogP contribution in [0.2, 0.25) is 5.02 Å². The fraction of sp³-hybridized carbons (Fsp3) is 0.286. The van der Waals surface area contributed by atoms with Gasteiger partial charge in [-0.1, -0.05) is 17.5 Å². The number of carbonyl (C=O) groups is 2. The molecule has 1 rings (SSSR count). The summed E-state index contributed by atoms with van der Waals surface area (Å²) in [4.78, 5) is 23.9. The Morgan fingerprint density at radius 1 is 1.57 bits per heavy atom. The molecule has 1 amide bonds. The van der Waals surface area contributed by atoms with E-state index < -0.39 is 24.5 Å². The van der Waals surface area contributed by atoms with Crippen LogP contribution in [0.5, 0.6) is 5.75 Å². The van der Waals surface area contributed by atoms with E-state index in [1.54, 1.807) is 18.2 Å². The number of carbonyl (C=O) groups excluding carboxylic acids is 1. The van der Waals surface area contributed by atoms with Gasteiger partial charge in [-0.25, -0.2) is 0 Å². The minimum atomic E-state index is -1.14. The van der Waals surface area contributed by atoms with E-state index in [9.17, 15) is 9.59 Å². The second kappa shape index (κ2) is 7.91. The van der Waals surface area contributed by atoms with E-state index in [4.69, 9.17) is 27.9 Å². The van der Waals surface area contributed by atoms with Gasteiger partial charge < -0.3 is 14.7 Å². The van der Waals surface area contributed by atoms with Crippen molar-refractivity contribution in [3.05, 3.63) is 27.7 Å². The molecule has 1 atom stereocenters. The lowest BCUT2D eigenvalue weighted by Crippen LogP contribution is -2.43. The summed E-state index contributed by atoms with van der Waals surface area (Å²) >= 11 is 9.09. The van der Waals surface area contributed by atoms with Crippen LogP contribution in [0, 0.1) is 12.3 Å². The van der Waals surface area contributed by atoms with Crippen molar-refractivity contribution in [3.8, 4) is 18.1 Å². The summed E-state index contributed by atoms with van der Waals surface area (Å²) < 4.78 is 6.11.